The van der Waals surface area contributed by atoms with Crippen molar-refractivity contribution in [2.45, 2.75) is 37.8 Å². The van der Waals surface area contributed by atoms with Crippen molar-refractivity contribution >= 4 is 5.91 Å². The fourth-order valence-corrected chi connectivity index (χ4v) is 2.26. The lowest BCUT2D eigenvalue weighted by molar-refractivity contribution is 0.0920. The molecule has 1 saturated carbocycles. The van der Waals surface area contributed by atoms with Gasteiger partial charge in [-0.3, -0.25) is 4.79 Å². The minimum atomic E-state index is 0. The number of hydrogen-bond acceptors (Lipinski definition) is 2. The Kier molecular flexibility index (Phi) is 3.62. The van der Waals surface area contributed by atoms with Crippen molar-refractivity contribution in [2.75, 3.05) is 7.05 Å². The van der Waals surface area contributed by atoms with E-state index in [0.29, 0.717) is 17.8 Å². The van der Waals surface area contributed by atoms with Crippen molar-refractivity contribution < 1.29 is 9.07 Å². The third-order valence-electron chi connectivity index (χ3n) is 3.31. The molecule has 0 saturated heterocycles. The summed E-state index contributed by atoms with van der Waals surface area (Å²) in [6, 6.07) is 4.60. The molecule has 1 aromatic heterocycles. The third-order valence-corrected chi connectivity index (χ3v) is 3.31. The molecule has 0 spiro atoms. The number of carbonyl (C=O) groups excluding carboxylic acids is 1. The monoisotopic (exact) mass is 227 g/mol. The van der Waals surface area contributed by atoms with E-state index in [1.807, 2.05) is 13.1 Å². The van der Waals surface area contributed by atoms with Crippen LogP contribution in [0.15, 0.2) is 18.3 Å². The highest BCUT2D eigenvalue weighted by molar-refractivity contribution is 5.92. The van der Waals surface area contributed by atoms with E-state index in [4.69, 9.17) is 0 Å². The smallest absolute Gasteiger partial charge is 0.267 e. The molecule has 1 aromatic rings. The fraction of sp³-hybridized carbons (Fsp3) is 0.583. The van der Waals surface area contributed by atoms with Gasteiger partial charge in [-0.2, -0.15) is 0 Å². The molecule has 4 nitrogen and oxygen atoms in total. The molecule has 1 aliphatic rings. The van der Waals surface area contributed by atoms with Crippen LogP contribution >= 0.6 is 0 Å². The molecule has 94 valence electrons. The Morgan fingerprint density at radius 2 is 2.06 bits per heavy atom. The van der Waals surface area contributed by atoms with Gasteiger partial charge in [0.05, 0.1) is 0 Å². The highest BCUT2D eigenvalue weighted by Crippen LogP contribution is 2.18. The molecule has 0 bridgehead atoms. The summed E-state index contributed by atoms with van der Waals surface area (Å²) in [5.41, 5.74) is 0.649. The zero-order valence-electron chi connectivity index (χ0n) is 9.62. The number of rotatable bonds is 3. The SMILES string of the molecule is CNC1CCC(NC(=O)c2ccc[nH]2)CC1.[HH].[HH].[HH]. The van der Waals surface area contributed by atoms with Crippen LogP contribution in [-0.2, 0) is 0 Å². The predicted octanol–water partition coefficient (Wildman–Crippen LogP) is 2.01. The van der Waals surface area contributed by atoms with Gasteiger partial charge in [-0.05, 0) is 44.9 Å². The Bertz CT molecular complexity index is 338. The largest absolute Gasteiger partial charge is 0.357 e. The van der Waals surface area contributed by atoms with Crippen LogP contribution in [0.2, 0.25) is 0 Å². The molecule has 0 radical (unpaired) electrons. The molecule has 3 N–H and O–H groups in total. The van der Waals surface area contributed by atoms with Crippen LogP contribution in [0.3, 0.4) is 0 Å². The topological polar surface area (TPSA) is 56.9 Å². The summed E-state index contributed by atoms with van der Waals surface area (Å²) in [5.74, 6) is 0.0120. The van der Waals surface area contributed by atoms with Crippen molar-refractivity contribution in [2.24, 2.45) is 0 Å². The second kappa shape index (κ2) is 5.16. The first kappa shape index (κ1) is 11.2. The van der Waals surface area contributed by atoms with E-state index in [1.54, 1.807) is 12.3 Å². The molecule has 2 rings (SSSR count). The first-order valence-corrected chi connectivity index (χ1v) is 5.91. The number of aromatic amines is 1. The van der Waals surface area contributed by atoms with E-state index in [-0.39, 0.29) is 10.2 Å². The number of aromatic nitrogens is 1. The zero-order valence-corrected chi connectivity index (χ0v) is 9.62. The first-order valence-electron chi connectivity index (χ1n) is 5.91. The second-order valence-electron chi connectivity index (χ2n) is 4.39. The van der Waals surface area contributed by atoms with Gasteiger partial charge < -0.3 is 15.6 Å². The number of carbonyl (C=O) groups is 1. The highest BCUT2D eigenvalue weighted by atomic mass is 16.1. The molecule has 1 fully saturated rings. The van der Waals surface area contributed by atoms with Gasteiger partial charge in [0.25, 0.3) is 5.91 Å². The van der Waals surface area contributed by atoms with Gasteiger partial charge >= 0.3 is 0 Å². The normalized spacial score (nSPS) is 25.3. The van der Waals surface area contributed by atoms with Gasteiger partial charge in [-0.15, -0.1) is 0 Å². The van der Waals surface area contributed by atoms with E-state index in [1.165, 1.54) is 0 Å². The Morgan fingerprint density at radius 1 is 1.38 bits per heavy atom. The minimum absolute atomic E-state index is 0. The average Bonchev–Trinajstić information content (AvgIpc) is 2.83. The minimum Gasteiger partial charge on any atom is -0.357 e. The van der Waals surface area contributed by atoms with Crippen molar-refractivity contribution in [1.29, 1.82) is 0 Å². The number of nitrogens with one attached hydrogen (secondary N) is 3. The summed E-state index contributed by atoms with van der Waals surface area (Å²) >= 11 is 0. The maximum Gasteiger partial charge on any atom is 0.267 e. The Hall–Kier alpha value is -1.29. The van der Waals surface area contributed by atoms with E-state index in [2.05, 4.69) is 15.6 Å². The molecule has 0 aliphatic heterocycles. The summed E-state index contributed by atoms with van der Waals surface area (Å²) in [6.45, 7) is 0. The van der Waals surface area contributed by atoms with Crippen molar-refractivity contribution in [3.05, 3.63) is 24.0 Å². The molecule has 1 amide bonds. The summed E-state index contributed by atoms with van der Waals surface area (Å²) < 4.78 is 0. The summed E-state index contributed by atoms with van der Waals surface area (Å²) in [6.07, 6.45) is 6.20. The summed E-state index contributed by atoms with van der Waals surface area (Å²) in [4.78, 5) is 14.7. The van der Waals surface area contributed by atoms with Gasteiger partial charge in [0, 0.05) is 22.6 Å². The Balaban J connectivity index is 0. The maximum absolute atomic E-state index is 11.8. The molecule has 4 heteroatoms. The summed E-state index contributed by atoms with van der Waals surface area (Å²) in [5, 5.41) is 6.35. The van der Waals surface area contributed by atoms with Crippen LogP contribution in [-0.4, -0.2) is 30.0 Å². The summed E-state index contributed by atoms with van der Waals surface area (Å²) in [7, 11) is 2.00. The fourth-order valence-electron chi connectivity index (χ4n) is 2.26. The number of amides is 1. The standard InChI is InChI=1S/C12H19N3O.3H2/c1-13-9-4-6-10(7-5-9)15-12(16)11-3-2-8-14-11;;;/h2-3,8-10,13-14H,4-7H2,1H3,(H,15,16);3*1H. The van der Waals surface area contributed by atoms with Crippen molar-refractivity contribution in [1.82, 2.24) is 15.6 Å². The van der Waals surface area contributed by atoms with Gasteiger partial charge in [-0.25, -0.2) is 0 Å². The predicted molar refractivity (Wildman–Crippen MR) is 69.7 cm³/mol. The molecule has 1 aliphatic carbocycles. The van der Waals surface area contributed by atoms with Gasteiger partial charge in [0.2, 0.25) is 0 Å². The van der Waals surface area contributed by atoms with Crippen LogP contribution in [0.1, 0.15) is 40.5 Å². The third kappa shape index (κ3) is 2.64. The highest BCUT2D eigenvalue weighted by Gasteiger charge is 2.21. The zero-order chi connectivity index (χ0) is 11.4. The molecule has 1 heterocycles. The van der Waals surface area contributed by atoms with E-state index < -0.39 is 0 Å². The van der Waals surface area contributed by atoms with Gasteiger partial charge in [0.1, 0.15) is 5.69 Å². The van der Waals surface area contributed by atoms with E-state index in [9.17, 15) is 4.79 Å². The first-order chi connectivity index (χ1) is 7.79. The molecule has 0 unspecified atom stereocenters. The molecular formula is C12H25N3O. The van der Waals surface area contributed by atoms with E-state index >= 15 is 0 Å². The van der Waals surface area contributed by atoms with Crippen LogP contribution in [0.4, 0.5) is 0 Å². The van der Waals surface area contributed by atoms with Crippen LogP contribution in [0, 0.1) is 0 Å². The lowest BCUT2D eigenvalue weighted by atomic mass is 9.91. The maximum atomic E-state index is 11.8. The van der Waals surface area contributed by atoms with Crippen LogP contribution in [0.25, 0.3) is 0 Å². The molecule has 16 heavy (non-hydrogen) atoms. The van der Waals surface area contributed by atoms with Gasteiger partial charge in [0.15, 0.2) is 0 Å². The Morgan fingerprint density at radius 3 is 2.62 bits per heavy atom. The van der Waals surface area contributed by atoms with Crippen LogP contribution < -0.4 is 10.6 Å². The second-order valence-corrected chi connectivity index (χ2v) is 4.39. The quantitative estimate of drug-likeness (QED) is 0.740. The molecule has 0 aromatic carbocycles. The van der Waals surface area contributed by atoms with Crippen molar-refractivity contribution in [3.8, 4) is 0 Å². The van der Waals surface area contributed by atoms with Crippen molar-refractivity contribution in [3.63, 3.8) is 0 Å². The lowest BCUT2D eigenvalue weighted by Gasteiger charge is -2.28. The lowest BCUT2D eigenvalue weighted by Crippen LogP contribution is -2.41. The molecule has 0 atom stereocenters. The van der Waals surface area contributed by atoms with Gasteiger partial charge in [-0.1, -0.05) is 0 Å². The van der Waals surface area contributed by atoms with Crippen LogP contribution in [0.5, 0.6) is 0 Å². The molecular weight excluding hydrogens is 202 g/mol. The van der Waals surface area contributed by atoms with E-state index in [0.717, 1.165) is 25.7 Å². The Labute approximate surface area is 100 Å². The number of H-pyrrole nitrogens is 1. The average molecular weight is 227 g/mol. The number of hydrogen-bond donors (Lipinski definition) is 3.